The molecule has 0 radical (unpaired) electrons. The summed E-state index contributed by atoms with van der Waals surface area (Å²) < 4.78 is 18.5. The smallest absolute Gasteiger partial charge is 0.123 e. The molecular weight excluding hydrogens is 193 g/mol. The fraction of sp³-hybridized carbons (Fsp3) is 0.500. The van der Waals surface area contributed by atoms with E-state index in [2.05, 4.69) is 5.32 Å². The quantitative estimate of drug-likeness (QED) is 0.823. The summed E-state index contributed by atoms with van der Waals surface area (Å²) in [7, 11) is 0. The zero-order valence-electron chi connectivity index (χ0n) is 8.92. The highest BCUT2D eigenvalue weighted by atomic mass is 19.1. The van der Waals surface area contributed by atoms with Crippen LogP contribution in [0.4, 0.5) is 4.39 Å². The van der Waals surface area contributed by atoms with Gasteiger partial charge in [0.25, 0.3) is 0 Å². The predicted molar refractivity (Wildman–Crippen MR) is 57.6 cm³/mol. The number of halogens is 1. The summed E-state index contributed by atoms with van der Waals surface area (Å²) in [6.45, 7) is 4.70. The van der Waals surface area contributed by atoms with Gasteiger partial charge in [0.2, 0.25) is 0 Å². The molecule has 0 saturated carbocycles. The number of ether oxygens (including phenoxy) is 1. The van der Waals surface area contributed by atoms with Gasteiger partial charge in [-0.25, -0.2) is 4.39 Å². The van der Waals surface area contributed by atoms with E-state index in [-0.39, 0.29) is 5.82 Å². The Hall–Kier alpha value is -1.09. The van der Waals surface area contributed by atoms with Gasteiger partial charge in [-0.1, -0.05) is 0 Å². The molecule has 1 aliphatic rings. The fourth-order valence-electron chi connectivity index (χ4n) is 1.84. The molecule has 0 aliphatic carbocycles. The molecule has 15 heavy (non-hydrogen) atoms. The van der Waals surface area contributed by atoms with Crippen LogP contribution in [0.1, 0.15) is 12.0 Å². The second kappa shape index (κ2) is 4.62. The summed E-state index contributed by atoms with van der Waals surface area (Å²) in [4.78, 5) is 0. The summed E-state index contributed by atoms with van der Waals surface area (Å²) in [5.41, 5.74) is 0.862. The average molecular weight is 209 g/mol. The Balaban J connectivity index is 1.92. The molecule has 1 atom stereocenters. The van der Waals surface area contributed by atoms with Crippen LogP contribution in [0.15, 0.2) is 18.2 Å². The third-order valence-electron chi connectivity index (χ3n) is 2.77. The highest BCUT2D eigenvalue weighted by molar-refractivity contribution is 5.32. The van der Waals surface area contributed by atoms with E-state index in [1.54, 1.807) is 6.07 Å². The summed E-state index contributed by atoms with van der Waals surface area (Å²) in [5, 5.41) is 3.29. The SMILES string of the molecule is Cc1cc(F)ccc1OCC1CCNC1. The molecule has 1 N–H and O–H groups in total. The van der Waals surface area contributed by atoms with Crippen molar-refractivity contribution < 1.29 is 9.13 Å². The first-order chi connectivity index (χ1) is 7.25. The first kappa shape index (κ1) is 10.4. The summed E-state index contributed by atoms with van der Waals surface area (Å²) in [5.74, 6) is 1.18. The van der Waals surface area contributed by atoms with Crippen LogP contribution in [0.5, 0.6) is 5.75 Å². The van der Waals surface area contributed by atoms with Gasteiger partial charge in [-0.05, 0) is 43.7 Å². The van der Waals surface area contributed by atoms with Crippen LogP contribution in [0, 0.1) is 18.7 Å². The number of rotatable bonds is 3. The van der Waals surface area contributed by atoms with Gasteiger partial charge in [0.1, 0.15) is 11.6 Å². The van der Waals surface area contributed by atoms with Gasteiger partial charge < -0.3 is 10.1 Å². The summed E-state index contributed by atoms with van der Waals surface area (Å²) in [6.07, 6.45) is 1.17. The Morgan fingerprint density at radius 1 is 1.53 bits per heavy atom. The molecule has 1 aromatic carbocycles. The predicted octanol–water partition coefficient (Wildman–Crippen LogP) is 2.12. The lowest BCUT2D eigenvalue weighted by molar-refractivity contribution is 0.258. The Kier molecular flexibility index (Phi) is 3.21. The van der Waals surface area contributed by atoms with Crippen molar-refractivity contribution >= 4 is 0 Å². The van der Waals surface area contributed by atoms with Crippen LogP contribution >= 0.6 is 0 Å². The van der Waals surface area contributed by atoms with Crippen molar-refractivity contribution in [2.24, 2.45) is 5.92 Å². The van der Waals surface area contributed by atoms with Crippen LogP contribution < -0.4 is 10.1 Å². The minimum atomic E-state index is -0.206. The number of hydrogen-bond acceptors (Lipinski definition) is 2. The molecule has 1 aliphatic heterocycles. The van der Waals surface area contributed by atoms with Crippen molar-refractivity contribution in [1.29, 1.82) is 0 Å². The molecule has 2 rings (SSSR count). The molecule has 3 heteroatoms. The van der Waals surface area contributed by atoms with Crippen molar-refractivity contribution in [3.63, 3.8) is 0 Å². The van der Waals surface area contributed by atoms with Gasteiger partial charge >= 0.3 is 0 Å². The van der Waals surface area contributed by atoms with E-state index in [1.807, 2.05) is 6.92 Å². The number of hydrogen-bond donors (Lipinski definition) is 1. The van der Waals surface area contributed by atoms with Crippen molar-refractivity contribution in [2.45, 2.75) is 13.3 Å². The number of benzene rings is 1. The Morgan fingerprint density at radius 2 is 2.40 bits per heavy atom. The van der Waals surface area contributed by atoms with E-state index < -0.39 is 0 Å². The molecular formula is C12H16FNO. The zero-order valence-corrected chi connectivity index (χ0v) is 8.92. The van der Waals surface area contributed by atoms with Gasteiger partial charge in [0, 0.05) is 12.5 Å². The van der Waals surface area contributed by atoms with E-state index in [9.17, 15) is 4.39 Å². The van der Waals surface area contributed by atoms with Crippen molar-refractivity contribution in [1.82, 2.24) is 5.32 Å². The van der Waals surface area contributed by atoms with Crippen molar-refractivity contribution in [3.05, 3.63) is 29.6 Å². The molecule has 0 amide bonds. The molecule has 0 bridgehead atoms. The van der Waals surface area contributed by atoms with Crippen LogP contribution in [-0.2, 0) is 0 Å². The zero-order chi connectivity index (χ0) is 10.7. The fourth-order valence-corrected chi connectivity index (χ4v) is 1.84. The molecule has 1 unspecified atom stereocenters. The van der Waals surface area contributed by atoms with Crippen molar-refractivity contribution in [2.75, 3.05) is 19.7 Å². The lowest BCUT2D eigenvalue weighted by Gasteiger charge is -2.12. The largest absolute Gasteiger partial charge is 0.493 e. The van der Waals surface area contributed by atoms with Crippen LogP contribution in [0.25, 0.3) is 0 Å². The number of aryl methyl sites for hydroxylation is 1. The first-order valence-corrected chi connectivity index (χ1v) is 5.35. The Labute approximate surface area is 89.4 Å². The topological polar surface area (TPSA) is 21.3 Å². The van der Waals surface area contributed by atoms with Gasteiger partial charge in [-0.2, -0.15) is 0 Å². The lowest BCUT2D eigenvalue weighted by Crippen LogP contribution is -2.15. The van der Waals surface area contributed by atoms with E-state index in [0.29, 0.717) is 5.92 Å². The maximum Gasteiger partial charge on any atom is 0.123 e. The average Bonchev–Trinajstić information content (AvgIpc) is 2.69. The lowest BCUT2D eigenvalue weighted by atomic mass is 10.1. The second-order valence-corrected chi connectivity index (χ2v) is 4.08. The molecule has 1 fully saturated rings. The van der Waals surface area contributed by atoms with E-state index in [0.717, 1.165) is 31.0 Å². The Morgan fingerprint density at radius 3 is 3.07 bits per heavy atom. The molecule has 1 aromatic rings. The first-order valence-electron chi connectivity index (χ1n) is 5.35. The van der Waals surface area contributed by atoms with Gasteiger partial charge in [0.15, 0.2) is 0 Å². The van der Waals surface area contributed by atoms with Crippen LogP contribution in [-0.4, -0.2) is 19.7 Å². The standard InChI is InChI=1S/C12H16FNO/c1-9-6-11(13)2-3-12(9)15-8-10-4-5-14-7-10/h2-3,6,10,14H,4-5,7-8H2,1H3. The Bertz CT molecular complexity index is 334. The highest BCUT2D eigenvalue weighted by Crippen LogP contribution is 2.20. The molecule has 1 heterocycles. The monoisotopic (exact) mass is 209 g/mol. The number of nitrogens with one attached hydrogen (secondary N) is 1. The highest BCUT2D eigenvalue weighted by Gasteiger charge is 2.15. The normalized spacial score (nSPS) is 20.5. The molecule has 82 valence electrons. The van der Waals surface area contributed by atoms with Gasteiger partial charge in [-0.15, -0.1) is 0 Å². The third kappa shape index (κ3) is 2.69. The molecule has 0 spiro atoms. The van der Waals surface area contributed by atoms with Crippen LogP contribution in [0.2, 0.25) is 0 Å². The molecule has 0 aromatic heterocycles. The summed E-state index contributed by atoms with van der Waals surface area (Å²) in [6, 6.07) is 4.64. The molecule has 2 nitrogen and oxygen atoms in total. The summed E-state index contributed by atoms with van der Waals surface area (Å²) >= 11 is 0. The van der Waals surface area contributed by atoms with Crippen molar-refractivity contribution in [3.8, 4) is 5.75 Å². The van der Waals surface area contributed by atoms with E-state index in [1.165, 1.54) is 18.6 Å². The van der Waals surface area contributed by atoms with Gasteiger partial charge in [-0.3, -0.25) is 0 Å². The minimum Gasteiger partial charge on any atom is -0.493 e. The maximum atomic E-state index is 12.8. The third-order valence-corrected chi connectivity index (χ3v) is 2.77. The van der Waals surface area contributed by atoms with E-state index in [4.69, 9.17) is 4.74 Å². The second-order valence-electron chi connectivity index (χ2n) is 4.08. The molecule has 1 saturated heterocycles. The van der Waals surface area contributed by atoms with Gasteiger partial charge in [0.05, 0.1) is 6.61 Å². The maximum absolute atomic E-state index is 12.8. The van der Waals surface area contributed by atoms with Crippen LogP contribution in [0.3, 0.4) is 0 Å². The minimum absolute atomic E-state index is 0.206. The van der Waals surface area contributed by atoms with E-state index >= 15 is 0 Å².